The average molecular weight is 414 g/mol. The Labute approximate surface area is 162 Å². The van der Waals surface area contributed by atoms with Gasteiger partial charge in [-0.05, 0) is 30.2 Å². The van der Waals surface area contributed by atoms with Crippen LogP contribution in [0.4, 0.5) is 13.2 Å². The van der Waals surface area contributed by atoms with Crippen LogP contribution in [0.2, 0.25) is 0 Å². The highest BCUT2D eigenvalue weighted by atomic mass is 32.2. The van der Waals surface area contributed by atoms with E-state index in [0.29, 0.717) is 5.56 Å². The molecule has 0 unspecified atom stereocenters. The van der Waals surface area contributed by atoms with Crippen molar-refractivity contribution in [1.82, 2.24) is 9.79 Å². The molecule has 5 nitrogen and oxygen atoms in total. The molecule has 0 saturated carbocycles. The molecule has 2 aromatic rings. The lowest BCUT2D eigenvalue weighted by atomic mass is 10.0. The molecule has 28 heavy (non-hydrogen) atoms. The molecule has 2 atom stereocenters. The highest BCUT2D eigenvalue weighted by molar-refractivity contribution is 7.90. The Kier molecular flexibility index (Phi) is 5.81. The Morgan fingerprint density at radius 1 is 1.18 bits per heavy atom. The number of hydroxylamine groups is 2. The van der Waals surface area contributed by atoms with Gasteiger partial charge in [0.15, 0.2) is 0 Å². The van der Waals surface area contributed by atoms with Crippen molar-refractivity contribution in [2.75, 3.05) is 13.7 Å². The first-order valence-electron chi connectivity index (χ1n) is 8.65. The van der Waals surface area contributed by atoms with Crippen LogP contribution in [-0.4, -0.2) is 32.4 Å². The standard InChI is InChI=1S/C19H21F3N2O3S/c1-13-4-3-5-14(10-13)11-23-28(25,26)17-12-27-24(2)18(17)15-6-8-16(9-7-15)19(20,21)22/h3-10,17-18,23H,11-12H2,1-2H3/t17-,18-/m1/s1. The quantitative estimate of drug-likeness (QED) is 0.815. The van der Waals surface area contributed by atoms with E-state index in [1.54, 1.807) is 7.05 Å². The second kappa shape index (κ2) is 7.82. The first-order chi connectivity index (χ1) is 13.1. The molecule has 3 rings (SSSR count). The van der Waals surface area contributed by atoms with Gasteiger partial charge in [0.2, 0.25) is 10.0 Å². The van der Waals surface area contributed by atoms with Crippen molar-refractivity contribution in [3.63, 3.8) is 0 Å². The predicted octanol–water partition coefficient (Wildman–Crippen LogP) is 3.42. The number of aryl methyl sites for hydroxylation is 1. The second-order valence-corrected chi connectivity index (χ2v) is 8.78. The van der Waals surface area contributed by atoms with E-state index in [1.165, 1.54) is 17.2 Å². The third-order valence-corrected chi connectivity index (χ3v) is 6.46. The van der Waals surface area contributed by atoms with E-state index in [4.69, 9.17) is 4.84 Å². The number of sulfonamides is 1. The van der Waals surface area contributed by atoms with Gasteiger partial charge in [0.05, 0.1) is 18.2 Å². The number of alkyl halides is 3. The van der Waals surface area contributed by atoms with E-state index in [0.717, 1.165) is 23.3 Å². The maximum absolute atomic E-state index is 12.8. The summed E-state index contributed by atoms with van der Waals surface area (Å²) < 4.78 is 66.6. The lowest BCUT2D eigenvalue weighted by molar-refractivity contribution is -0.137. The topological polar surface area (TPSA) is 58.6 Å². The summed E-state index contributed by atoms with van der Waals surface area (Å²) in [5.74, 6) is 0. The molecule has 0 aliphatic carbocycles. The number of rotatable bonds is 5. The summed E-state index contributed by atoms with van der Waals surface area (Å²) in [7, 11) is -2.21. The molecule has 0 amide bonds. The summed E-state index contributed by atoms with van der Waals surface area (Å²) in [6.45, 7) is 1.97. The van der Waals surface area contributed by atoms with E-state index in [2.05, 4.69) is 4.72 Å². The van der Waals surface area contributed by atoms with E-state index in [-0.39, 0.29) is 13.2 Å². The lowest BCUT2D eigenvalue weighted by Gasteiger charge is -2.23. The Balaban J connectivity index is 1.79. The summed E-state index contributed by atoms with van der Waals surface area (Å²) in [5.41, 5.74) is 1.50. The fraction of sp³-hybridized carbons (Fsp3) is 0.368. The molecule has 1 fully saturated rings. The SMILES string of the molecule is Cc1cccc(CNS(=O)(=O)[C@@H]2CON(C)[C@@H]2c2ccc(C(F)(F)F)cc2)c1. The fourth-order valence-corrected chi connectivity index (χ4v) is 4.75. The summed E-state index contributed by atoms with van der Waals surface area (Å²) >= 11 is 0. The Hall–Kier alpha value is -1.94. The summed E-state index contributed by atoms with van der Waals surface area (Å²) in [6, 6.07) is 11.2. The van der Waals surface area contributed by atoms with Gasteiger partial charge < -0.3 is 0 Å². The van der Waals surface area contributed by atoms with Crippen molar-refractivity contribution in [1.29, 1.82) is 0 Å². The van der Waals surface area contributed by atoms with E-state index in [9.17, 15) is 21.6 Å². The monoisotopic (exact) mass is 414 g/mol. The summed E-state index contributed by atoms with van der Waals surface area (Å²) in [4.78, 5) is 5.38. The van der Waals surface area contributed by atoms with Crippen molar-refractivity contribution in [3.8, 4) is 0 Å². The molecule has 1 N–H and O–H groups in total. The minimum atomic E-state index is -4.45. The maximum atomic E-state index is 12.8. The second-order valence-electron chi connectivity index (χ2n) is 6.80. The highest BCUT2D eigenvalue weighted by Gasteiger charge is 2.43. The molecule has 0 bridgehead atoms. The molecule has 0 aromatic heterocycles. The van der Waals surface area contributed by atoms with Crippen molar-refractivity contribution < 1.29 is 26.4 Å². The van der Waals surface area contributed by atoms with Crippen LogP contribution in [0.25, 0.3) is 0 Å². The summed E-state index contributed by atoms with van der Waals surface area (Å²) in [6.07, 6.45) is -4.45. The Morgan fingerprint density at radius 2 is 1.86 bits per heavy atom. The number of halogens is 3. The third-order valence-electron chi connectivity index (χ3n) is 4.72. The Morgan fingerprint density at radius 3 is 2.46 bits per heavy atom. The molecule has 9 heteroatoms. The number of nitrogens with one attached hydrogen (secondary N) is 1. The van der Waals surface area contributed by atoms with E-state index in [1.807, 2.05) is 31.2 Å². The van der Waals surface area contributed by atoms with Crippen LogP contribution < -0.4 is 4.72 Å². The van der Waals surface area contributed by atoms with Crippen LogP contribution in [-0.2, 0) is 27.6 Å². The van der Waals surface area contributed by atoms with Crippen LogP contribution in [0.15, 0.2) is 48.5 Å². The predicted molar refractivity (Wildman–Crippen MR) is 98.6 cm³/mol. The van der Waals surface area contributed by atoms with Crippen molar-refractivity contribution in [3.05, 3.63) is 70.8 Å². The molecular weight excluding hydrogens is 393 g/mol. The summed E-state index contributed by atoms with van der Waals surface area (Å²) in [5, 5.41) is 0.429. The van der Waals surface area contributed by atoms with Crippen LogP contribution in [0.1, 0.15) is 28.3 Å². The molecule has 1 aliphatic rings. The molecule has 1 saturated heterocycles. The van der Waals surface area contributed by atoms with Gasteiger partial charge in [-0.3, -0.25) is 4.84 Å². The average Bonchev–Trinajstić information content (AvgIpc) is 3.02. The van der Waals surface area contributed by atoms with Gasteiger partial charge in [0.1, 0.15) is 5.25 Å². The molecule has 0 spiro atoms. The zero-order valence-electron chi connectivity index (χ0n) is 15.4. The van der Waals surface area contributed by atoms with Crippen molar-refractivity contribution in [2.45, 2.75) is 30.9 Å². The molecule has 0 radical (unpaired) electrons. The van der Waals surface area contributed by atoms with Crippen LogP contribution in [0.5, 0.6) is 0 Å². The number of hydrogen-bond donors (Lipinski definition) is 1. The highest BCUT2D eigenvalue weighted by Crippen LogP contribution is 2.35. The van der Waals surface area contributed by atoms with Crippen LogP contribution in [0, 0.1) is 6.92 Å². The minimum absolute atomic E-state index is 0.0780. The molecule has 1 heterocycles. The molecule has 1 aliphatic heterocycles. The first kappa shape index (κ1) is 20.8. The van der Waals surface area contributed by atoms with Gasteiger partial charge in [-0.25, -0.2) is 13.1 Å². The lowest BCUT2D eigenvalue weighted by Crippen LogP contribution is -2.39. The first-order valence-corrected chi connectivity index (χ1v) is 10.2. The third kappa shape index (κ3) is 4.54. The fourth-order valence-electron chi connectivity index (χ4n) is 3.26. The van der Waals surface area contributed by atoms with E-state index >= 15 is 0 Å². The maximum Gasteiger partial charge on any atom is 0.416 e. The normalized spacial score (nSPS) is 21.2. The van der Waals surface area contributed by atoms with Crippen LogP contribution >= 0.6 is 0 Å². The van der Waals surface area contributed by atoms with Gasteiger partial charge in [-0.1, -0.05) is 42.0 Å². The van der Waals surface area contributed by atoms with Crippen LogP contribution in [0.3, 0.4) is 0 Å². The molecule has 152 valence electrons. The number of benzene rings is 2. The number of hydrogen-bond acceptors (Lipinski definition) is 4. The zero-order valence-corrected chi connectivity index (χ0v) is 16.2. The van der Waals surface area contributed by atoms with Gasteiger partial charge >= 0.3 is 6.18 Å². The molecule has 2 aromatic carbocycles. The van der Waals surface area contributed by atoms with Gasteiger partial charge in [-0.2, -0.15) is 18.2 Å². The zero-order chi connectivity index (χ0) is 20.5. The largest absolute Gasteiger partial charge is 0.416 e. The van der Waals surface area contributed by atoms with Gasteiger partial charge in [0.25, 0.3) is 0 Å². The smallest absolute Gasteiger partial charge is 0.297 e. The minimum Gasteiger partial charge on any atom is -0.297 e. The van der Waals surface area contributed by atoms with Gasteiger partial charge in [-0.15, -0.1) is 0 Å². The molecular formula is C19H21F3N2O3S. The van der Waals surface area contributed by atoms with Crippen molar-refractivity contribution >= 4 is 10.0 Å². The number of nitrogens with zero attached hydrogens (tertiary/aromatic N) is 1. The Bertz CT molecular complexity index is 930. The van der Waals surface area contributed by atoms with E-state index < -0.39 is 33.1 Å². The van der Waals surface area contributed by atoms with Gasteiger partial charge in [0, 0.05) is 13.6 Å². The van der Waals surface area contributed by atoms with Crippen molar-refractivity contribution in [2.24, 2.45) is 0 Å².